The number of anilines is 1. The molecule has 2 aromatic heterocycles. The summed E-state index contributed by atoms with van der Waals surface area (Å²) in [6.45, 7) is 7.53. The lowest BCUT2D eigenvalue weighted by molar-refractivity contribution is -0.141. The van der Waals surface area contributed by atoms with Gasteiger partial charge in [0.15, 0.2) is 21.4 Å². The summed E-state index contributed by atoms with van der Waals surface area (Å²) in [4.78, 5) is 15.1. The number of rotatable bonds is 5. The van der Waals surface area contributed by atoms with E-state index in [0.29, 0.717) is 23.6 Å². The van der Waals surface area contributed by atoms with Crippen molar-refractivity contribution in [3.8, 4) is 0 Å². The minimum absolute atomic E-state index is 0.0215. The number of sulfone groups is 1. The predicted molar refractivity (Wildman–Crippen MR) is 90.3 cm³/mol. The Morgan fingerprint density at radius 3 is 2.33 bits per heavy atom. The number of amides is 1. The highest BCUT2D eigenvalue weighted by atomic mass is 32.2. The zero-order valence-corrected chi connectivity index (χ0v) is 15.4. The van der Waals surface area contributed by atoms with Crippen LogP contribution in [0.5, 0.6) is 0 Å². The molecular formula is C16H16F3N3O4S. The van der Waals surface area contributed by atoms with Crippen LogP contribution in [-0.2, 0) is 20.8 Å². The van der Waals surface area contributed by atoms with E-state index in [1.165, 1.54) is 6.07 Å². The van der Waals surface area contributed by atoms with E-state index in [-0.39, 0.29) is 5.82 Å². The van der Waals surface area contributed by atoms with Gasteiger partial charge in [0, 0.05) is 12.3 Å². The summed E-state index contributed by atoms with van der Waals surface area (Å²) in [5.74, 6) is -0.659. The molecule has 0 aromatic carbocycles. The predicted octanol–water partition coefficient (Wildman–Crippen LogP) is 3.31. The van der Waals surface area contributed by atoms with Crippen LogP contribution >= 0.6 is 0 Å². The van der Waals surface area contributed by atoms with Gasteiger partial charge in [-0.15, -0.1) is 0 Å². The topological polar surface area (TPSA) is 102 Å². The van der Waals surface area contributed by atoms with Crippen molar-refractivity contribution in [1.29, 1.82) is 0 Å². The molecule has 0 fully saturated rings. The van der Waals surface area contributed by atoms with Gasteiger partial charge in [-0.2, -0.15) is 13.2 Å². The summed E-state index contributed by atoms with van der Waals surface area (Å²) < 4.78 is 66.1. The first-order valence-electron chi connectivity index (χ1n) is 7.49. The molecule has 0 atom stereocenters. The van der Waals surface area contributed by atoms with Crippen LogP contribution in [0, 0.1) is 0 Å². The number of halogens is 3. The van der Waals surface area contributed by atoms with Crippen molar-refractivity contribution >= 4 is 27.1 Å². The summed E-state index contributed by atoms with van der Waals surface area (Å²) in [5.41, 5.74) is -0.690. The van der Waals surface area contributed by atoms with E-state index in [0.717, 1.165) is 19.9 Å². The van der Waals surface area contributed by atoms with Crippen LogP contribution in [0.25, 0.3) is 5.57 Å². The molecule has 27 heavy (non-hydrogen) atoms. The van der Waals surface area contributed by atoms with Gasteiger partial charge >= 0.3 is 6.18 Å². The van der Waals surface area contributed by atoms with Crippen LogP contribution < -0.4 is 5.32 Å². The van der Waals surface area contributed by atoms with Gasteiger partial charge in [-0.1, -0.05) is 11.7 Å². The number of hydrogen-bond donors (Lipinski definition) is 1. The van der Waals surface area contributed by atoms with Crippen molar-refractivity contribution in [2.24, 2.45) is 0 Å². The highest BCUT2D eigenvalue weighted by Gasteiger charge is 2.44. The van der Waals surface area contributed by atoms with Gasteiger partial charge < -0.3 is 9.84 Å². The van der Waals surface area contributed by atoms with Gasteiger partial charge in [0.2, 0.25) is 5.91 Å². The molecule has 1 amide bonds. The largest absolute Gasteiger partial charge is 0.433 e. The summed E-state index contributed by atoms with van der Waals surface area (Å²) >= 11 is 0. The molecule has 0 aliphatic carbocycles. The molecule has 11 heteroatoms. The number of nitrogens with zero attached hydrogens (tertiary/aromatic N) is 2. The van der Waals surface area contributed by atoms with E-state index in [1.807, 2.05) is 0 Å². The molecule has 0 unspecified atom stereocenters. The Balaban J connectivity index is 2.29. The summed E-state index contributed by atoms with van der Waals surface area (Å²) in [5, 5.41) is 5.89. The van der Waals surface area contributed by atoms with E-state index in [2.05, 4.69) is 22.0 Å². The minimum Gasteiger partial charge on any atom is -0.354 e. The van der Waals surface area contributed by atoms with Crippen molar-refractivity contribution in [3.05, 3.63) is 42.4 Å². The highest BCUT2D eigenvalue weighted by molar-refractivity contribution is 7.93. The third-order valence-electron chi connectivity index (χ3n) is 3.73. The highest BCUT2D eigenvalue weighted by Crippen LogP contribution is 2.31. The molecule has 0 saturated heterocycles. The lowest BCUT2D eigenvalue weighted by Crippen LogP contribution is -2.44. The van der Waals surface area contributed by atoms with Gasteiger partial charge in [0.05, 0.1) is 4.90 Å². The molecule has 146 valence electrons. The molecule has 2 rings (SSSR count). The SMILES string of the molecule is C=C(C)c1cc(NC(=O)C(C)(C)S(=O)(=O)c2ccc(C(F)(F)F)nc2)no1. The number of nitrogens with one attached hydrogen (secondary N) is 1. The van der Waals surface area contributed by atoms with Gasteiger partial charge in [0.1, 0.15) is 10.4 Å². The molecule has 0 aliphatic heterocycles. The van der Waals surface area contributed by atoms with Gasteiger partial charge in [0.25, 0.3) is 0 Å². The number of carbonyl (C=O) groups excluding carboxylic acids is 1. The Morgan fingerprint density at radius 1 is 1.26 bits per heavy atom. The Labute approximate surface area is 153 Å². The van der Waals surface area contributed by atoms with E-state index < -0.39 is 37.3 Å². The van der Waals surface area contributed by atoms with Gasteiger partial charge in [-0.25, -0.2) is 8.42 Å². The third-order valence-corrected chi connectivity index (χ3v) is 6.12. The summed E-state index contributed by atoms with van der Waals surface area (Å²) in [7, 11) is -4.35. The van der Waals surface area contributed by atoms with Crippen LogP contribution in [0.3, 0.4) is 0 Å². The van der Waals surface area contributed by atoms with Gasteiger partial charge in [-0.05, 0) is 38.5 Å². The molecule has 7 nitrogen and oxygen atoms in total. The molecule has 0 radical (unpaired) electrons. The molecule has 0 bridgehead atoms. The zero-order valence-electron chi connectivity index (χ0n) is 14.6. The normalized spacial score (nSPS) is 12.7. The van der Waals surface area contributed by atoms with Crippen molar-refractivity contribution < 1.29 is 30.9 Å². The molecule has 0 saturated carbocycles. The fourth-order valence-corrected chi connectivity index (χ4v) is 3.25. The molecule has 1 N–H and O–H groups in total. The first-order chi connectivity index (χ1) is 12.3. The average Bonchev–Trinajstić information content (AvgIpc) is 3.02. The van der Waals surface area contributed by atoms with Crippen LogP contribution in [-0.4, -0.2) is 29.2 Å². The quantitative estimate of drug-likeness (QED) is 0.822. The Morgan fingerprint density at radius 2 is 1.89 bits per heavy atom. The van der Waals surface area contributed by atoms with Crippen LogP contribution in [0.1, 0.15) is 32.2 Å². The molecule has 0 spiro atoms. The van der Waals surface area contributed by atoms with Crippen LogP contribution in [0.4, 0.5) is 19.0 Å². The summed E-state index contributed by atoms with van der Waals surface area (Å²) in [6.07, 6.45) is -4.13. The van der Waals surface area contributed by atoms with Crippen LogP contribution in [0.15, 0.2) is 40.4 Å². The van der Waals surface area contributed by atoms with Crippen molar-refractivity contribution in [1.82, 2.24) is 10.1 Å². The third kappa shape index (κ3) is 4.02. The summed E-state index contributed by atoms with van der Waals surface area (Å²) in [6, 6.07) is 2.66. The standard InChI is InChI=1S/C16H16F3N3O4S/c1-9(2)11-7-13(22-26-11)21-14(23)15(3,4)27(24,25)10-5-6-12(20-8-10)16(17,18)19/h5-8H,1H2,2-4H3,(H,21,22,23). The lowest BCUT2D eigenvalue weighted by Gasteiger charge is -2.23. The van der Waals surface area contributed by atoms with Crippen molar-refractivity contribution in [3.63, 3.8) is 0 Å². The maximum atomic E-state index is 12.7. The van der Waals surface area contributed by atoms with Crippen molar-refractivity contribution in [2.75, 3.05) is 5.32 Å². The smallest absolute Gasteiger partial charge is 0.354 e. The molecule has 2 heterocycles. The van der Waals surface area contributed by atoms with Crippen molar-refractivity contribution in [2.45, 2.75) is 36.6 Å². The van der Waals surface area contributed by atoms with E-state index in [4.69, 9.17) is 4.52 Å². The number of allylic oxidation sites excluding steroid dienone is 1. The maximum Gasteiger partial charge on any atom is 0.433 e. The second-order valence-electron chi connectivity index (χ2n) is 6.20. The monoisotopic (exact) mass is 403 g/mol. The first kappa shape index (κ1) is 20.6. The lowest BCUT2D eigenvalue weighted by atomic mass is 10.2. The fraction of sp³-hybridized carbons (Fsp3) is 0.312. The number of pyridine rings is 1. The minimum atomic E-state index is -4.71. The Hall–Kier alpha value is -2.69. The maximum absolute atomic E-state index is 12.7. The molecule has 2 aromatic rings. The number of hydrogen-bond acceptors (Lipinski definition) is 6. The number of alkyl halides is 3. The Kier molecular flexibility index (Phi) is 5.19. The van der Waals surface area contributed by atoms with Crippen LogP contribution in [0.2, 0.25) is 0 Å². The van der Waals surface area contributed by atoms with E-state index >= 15 is 0 Å². The van der Waals surface area contributed by atoms with Gasteiger partial charge in [-0.3, -0.25) is 9.78 Å². The van der Waals surface area contributed by atoms with E-state index in [9.17, 15) is 26.4 Å². The Bertz CT molecular complexity index is 977. The zero-order chi connectivity index (χ0) is 20.6. The number of carbonyl (C=O) groups is 1. The second kappa shape index (κ2) is 6.80. The fourth-order valence-electron chi connectivity index (χ4n) is 1.93. The average molecular weight is 403 g/mol. The number of aromatic nitrogens is 2. The van der Waals surface area contributed by atoms with E-state index in [1.54, 1.807) is 6.92 Å². The molecular weight excluding hydrogens is 387 g/mol. The second-order valence-corrected chi connectivity index (χ2v) is 8.70. The molecule has 0 aliphatic rings. The first-order valence-corrected chi connectivity index (χ1v) is 8.97.